The third-order valence-corrected chi connectivity index (χ3v) is 9.29. The largest absolute Gasteiger partial charge is 0.512 e. The van der Waals surface area contributed by atoms with Gasteiger partial charge in [-0.15, -0.1) is 46.2 Å². The van der Waals surface area contributed by atoms with E-state index in [9.17, 15) is 9.90 Å². The molecule has 0 unspecified atom stereocenters. The molecule has 5 aromatic rings. The number of aliphatic hydroxyl groups is 1. The maximum Gasteiger partial charge on any atom is 0.162 e. The van der Waals surface area contributed by atoms with Crippen LogP contribution < -0.4 is 0 Å². The van der Waals surface area contributed by atoms with Gasteiger partial charge in [-0.3, -0.25) is 4.79 Å². The summed E-state index contributed by atoms with van der Waals surface area (Å²) in [7, 11) is 0. The Kier molecular flexibility index (Phi) is 13.0. The van der Waals surface area contributed by atoms with E-state index in [0.29, 0.717) is 10.3 Å². The molecule has 0 spiro atoms. The number of nitrogens with zero attached hydrogens (tertiary/aromatic N) is 1. The van der Waals surface area contributed by atoms with Gasteiger partial charge in [0.05, 0.1) is 10.5 Å². The normalized spacial score (nSPS) is 11.5. The maximum absolute atomic E-state index is 15.4. The van der Waals surface area contributed by atoms with Gasteiger partial charge in [0.15, 0.2) is 5.78 Å². The number of fused-ring (bicyclic) bond motifs is 3. The summed E-state index contributed by atoms with van der Waals surface area (Å²) in [6.07, 6.45) is 6.71. The predicted molar refractivity (Wildman–Crippen MR) is 180 cm³/mol. The zero-order chi connectivity index (χ0) is 31.1. The minimum atomic E-state index is -0.166. The summed E-state index contributed by atoms with van der Waals surface area (Å²) in [5.41, 5.74) is 5.59. The summed E-state index contributed by atoms with van der Waals surface area (Å²) in [4.78, 5) is 16.3. The number of aryl methyl sites for hydroxylation is 2. The first kappa shape index (κ1) is 35.3. The number of benzene rings is 3. The first-order chi connectivity index (χ1) is 20.7. The van der Waals surface area contributed by atoms with E-state index in [2.05, 4.69) is 30.1 Å². The van der Waals surface area contributed by atoms with E-state index in [1.54, 1.807) is 6.20 Å². The molecule has 5 rings (SSSR count). The van der Waals surface area contributed by atoms with Crippen LogP contribution in [-0.2, 0) is 24.9 Å². The molecule has 3 nitrogen and oxygen atoms in total. The third kappa shape index (κ3) is 7.90. The topological polar surface area (TPSA) is 50.2 Å². The summed E-state index contributed by atoms with van der Waals surface area (Å²) in [5.74, 6) is 0.381. The Bertz CT molecular complexity index is 1720. The summed E-state index contributed by atoms with van der Waals surface area (Å²) in [6, 6.07) is 23.1. The number of rotatable bonds is 9. The fraction of sp³-hybridized carbons (Fsp3) is 0.316. The Morgan fingerprint density at radius 3 is 2.16 bits per heavy atom. The smallest absolute Gasteiger partial charge is 0.162 e. The Morgan fingerprint density at radius 1 is 0.909 bits per heavy atom. The van der Waals surface area contributed by atoms with E-state index in [1.807, 2.05) is 83.1 Å². The quantitative estimate of drug-likeness (QED) is 0.0920. The van der Waals surface area contributed by atoms with Gasteiger partial charge < -0.3 is 10.1 Å². The van der Waals surface area contributed by atoms with E-state index < -0.39 is 0 Å². The van der Waals surface area contributed by atoms with Gasteiger partial charge in [-0.2, -0.15) is 0 Å². The van der Waals surface area contributed by atoms with Gasteiger partial charge in [-0.05, 0) is 42.7 Å². The number of aromatic nitrogens is 1. The standard InChI is InChI=1S/C25H17FNS.C13H24O2.Ir/c1-15-12-16(2)14-18(13-15)23-25-21(10-11-27-23)20-9-8-19(22(26)24(20)28-25)17-6-4-3-5-7-17;1-5-10(6-2)12(14)9-13(15)11(7-3)8-4;/h3-13H,1-2H3;9-11,14H,5-8H2,1-4H3;/q-1;;/b;12-9-;. The fourth-order valence-electron chi connectivity index (χ4n) is 5.57. The van der Waals surface area contributed by atoms with Crippen LogP contribution in [0.25, 0.3) is 42.6 Å². The van der Waals surface area contributed by atoms with E-state index in [4.69, 9.17) is 0 Å². The number of halogens is 1. The zero-order valence-corrected chi connectivity index (χ0v) is 29.5. The van der Waals surface area contributed by atoms with Crippen LogP contribution in [0.4, 0.5) is 4.39 Å². The summed E-state index contributed by atoms with van der Waals surface area (Å²) >= 11 is 1.47. The molecule has 0 bridgehead atoms. The number of hydrogen-bond donors (Lipinski definition) is 1. The van der Waals surface area contributed by atoms with Crippen LogP contribution in [0.5, 0.6) is 0 Å². The average Bonchev–Trinajstić information content (AvgIpc) is 3.39. The second-order valence-corrected chi connectivity index (χ2v) is 12.1. The van der Waals surface area contributed by atoms with Crippen molar-refractivity contribution < 1.29 is 34.4 Å². The molecule has 0 aliphatic rings. The van der Waals surface area contributed by atoms with E-state index in [-0.39, 0.29) is 49.3 Å². The first-order valence-corrected chi connectivity index (χ1v) is 16.0. The van der Waals surface area contributed by atoms with Crippen molar-refractivity contribution in [1.82, 2.24) is 4.98 Å². The Morgan fingerprint density at radius 2 is 1.55 bits per heavy atom. The van der Waals surface area contributed by atoms with Crippen molar-refractivity contribution in [2.24, 2.45) is 11.8 Å². The summed E-state index contributed by atoms with van der Waals surface area (Å²) in [6.45, 7) is 12.2. The number of hydrogen-bond acceptors (Lipinski definition) is 4. The number of ketones is 1. The summed E-state index contributed by atoms with van der Waals surface area (Å²) < 4.78 is 17.1. The second-order valence-electron chi connectivity index (χ2n) is 11.1. The molecule has 1 radical (unpaired) electrons. The van der Waals surface area contributed by atoms with Crippen LogP contribution in [0.2, 0.25) is 0 Å². The molecule has 0 amide bonds. The van der Waals surface area contributed by atoms with Crippen molar-refractivity contribution in [1.29, 1.82) is 0 Å². The molecular formula is C38H41FIrNO2S-. The molecule has 0 saturated heterocycles. The molecule has 0 fully saturated rings. The Labute approximate surface area is 278 Å². The number of carbonyl (C=O) groups is 1. The van der Waals surface area contributed by atoms with E-state index in [0.717, 1.165) is 63.5 Å². The molecular weight excluding hydrogens is 746 g/mol. The number of aliphatic hydroxyl groups excluding tert-OH is 1. The fourth-order valence-corrected chi connectivity index (χ4v) is 6.81. The van der Waals surface area contributed by atoms with E-state index >= 15 is 4.39 Å². The van der Waals surface area contributed by atoms with Gasteiger partial charge in [-0.25, -0.2) is 4.39 Å². The zero-order valence-electron chi connectivity index (χ0n) is 26.3. The Hall–Kier alpha value is -3.18. The second kappa shape index (κ2) is 16.2. The minimum Gasteiger partial charge on any atom is -0.512 e. The molecule has 0 atom stereocenters. The van der Waals surface area contributed by atoms with Crippen LogP contribution in [-0.4, -0.2) is 15.9 Å². The van der Waals surface area contributed by atoms with Gasteiger partial charge in [0.25, 0.3) is 0 Å². The van der Waals surface area contributed by atoms with E-state index in [1.165, 1.54) is 23.0 Å². The molecule has 0 saturated carbocycles. The number of carbonyl (C=O) groups excluding carboxylic acids is 1. The van der Waals surface area contributed by atoms with Gasteiger partial charge in [-0.1, -0.05) is 84.0 Å². The number of pyridine rings is 1. The number of thiophene rings is 1. The van der Waals surface area contributed by atoms with Crippen molar-refractivity contribution in [3.63, 3.8) is 0 Å². The van der Waals surface area contributed by atoms with Crippen molar-refractivity contribution in [2.45, 2.75) is 67.2 Å². The first-order valence-electron chi connectivity index (χ1n) is 15.2. The molecule has 2 heterocycles. The van der Waals surface area contributed by atoms with Crippen molar-refractivity contribution >= 4 is 37.3 Å². The molecule has 0 aliphatic carbocycles. The van der Waals surface area contributed by atoms with Gasteiger partial charge >= 0.3 is 0 Å². The molecule has 1 N–H and O–H groups in total. The molecule has 233 valence electrons. The van der Waals surface area contributed by atoms with Gasteiger partial charge in [0.1, 0.15) is 5.82 Å². The van der Waals surface area contributed by atoms with Crippen LogP contribution in [0, 0.1) is 37.6 Å². The SMILES string of the molecule is CCC(CC)C(=O)/C=C(\O)C(CC)CC.Cc1[c-]c(-c2nccc3c2sc2c(F)c(-c4ccccc4)ccc23)cc(C)c1.[Ir]. The van der Waals surface area contributed by atoms with Crippen molar-refractivity contribution in [3.05, 3.63) is 102 Å². The monoisotopic (exact) mass is 787 g/mol. The van der Waals surface area contributed by atoms with Gasteiger partial charge in [0, 0.05) is 65.6 Å². The predicted octanol–water partition coefficient (Wildman–Crippen LogP) is 11.2. The van der Waals surface area contributed by atoms with Crippen molar-refractivity contribution in [3.8, 4) is 22.4 Å². The molecule has 44 heavy (non-hydrogen) atoms. The molecule has 2 aromatic heterocycles. The van der Waals surface area contributed by atoms with Gasteiger partial charge in [0.2, 0.25) is 0 Å². The van der Waals surface area contributed by atoms with Crippen LogP contribution >= 0.6 is 11.3 Å². The summed E-state index contributed by atoms with van der Waals surface area (Å²) in [5, 5.41) is 11.7. The maximum atomic E-state index is 15.4. The third-order valence-electron chi connectivity index (χ3n) is 8.07. The van der Waals surface area contributed by atoms with Crippen LogP contribution in [0.15, 0.2) is 78.7 Å². The van der Waals surface area contributed by atoms with Crippen LogP contribution in [0.3, 0.4) is 0 Å². The van der Waals surface area contributed by atoms with Crippen molar-refractivity contribution in [2.75, 3.05) is 0 Å². The number of allylic oxidation sites excluding steroid dienone is 2. The molecule has 3 aromatic carbocycles. The molecule has 6 heteroatoms. The minimum absolute atomic E-state index is 0. The molecule has 0 aliphatic heterocycles. The Balaban J connectivity index is 0.000000286. The van der Waals surface area contributed by atoms with Crippen LogP contribution in [0.1, 0.15) is 64.5 Å². The average molecular weight is 787 g/mol.